The Morgan fingerprint density at radius 3 is 1.84 bits per heavy atom. The van der Waals surface area contributed by atoms with E-state index in [-0.39, 0.29) is 29.7 Å². The highest BCUT2D eigenvalue weighted by Crippen LogP contribution is 2.48. The maximum absolute atomic E-state index is 12.8. The summed E-state index contributed by atoms with van der Waals surface area (Å²) in [5.41, 5.74) is 2.51. The van der Waals surface area contributed by atoms with E-state index in [0.717, 1.165) is 23.8 Å². The van der Waals surface area contributed by atoms with Gasteiger partial charge in [0.05, 0.1) is 90.3 Å². The van der Waals surface area contributed by atoms with Gasteiger partial charge in [0, 0.05) is 61.7 Å². The van der Waals surface area contributed by atoms with Crippen LogP contribution in [0.25, 0.3) is 21.8 Å². The normalized spacial score (nSPS) is 17.3. The number of nitrogens with zero attached hydrogens (tertiary/aromatic N) is 10. The van der Waals surface area contributed by atoms with Crippen LogP contribution in [-0.2, 0) is 37.1 Å². The van der Waals surface area contributed by atoms with Crippen molar-refractivity contribution in [3.63, 3.8) is 0 Å². The van der Waals surface area contributed by atoms with Gasteiger partial charge in [-0.15, -0.1) is 5.10 Å². The Bertz CT molecular complexity index is 3250. The molecule has 17 nitrogen and oxygen atoms in total. The van der Waals surface area contributed by atoms with Crippen LogP contribution < -0.4 is 18.9 Å². The summed E-state index contributed by atoms with van der Waals surface area (Å²) in [6.45, 7) is 9.30. The van der Waals surface area contributed by atoms with Crippen molar-refractivity contribution in [2.24, 2.45) is 33.0 Å². The molecule has 7 heterocycles. The summed E-state index contributed by atoms with van der Waals surface area (Å²) in [7, 11) is 7.00. The minimum atomic E-state index is -1.69. The molecule has 364 valence electrons. The first-order valence-corrected chi connectivity index (χ1v) is 23.9. The number of benzene rings is 2. The van der Waals surface area contributed by atoms with Gasteiger partial charge in [0.2, 0.25) is 11.5 Å². The number of imidazole rings is 2. The van der Waals surface area contributed by atoms with Crippen LogP contribution in [0.2, 0.25) is 10.0 Å². The number of fused-ring (bicyclic) bond motifs is 2. The Balaban J connectivity index is 0.919. The second-order valence-electron chi connectivity index (χ2n) is 18.3. The van der Waals surface area contributed by atoms with Crippen molar-refractivity contribution in [1.29, 1.82) is 0 Å². The number of aryl methyl sites for hydroxylation is 5. The van der Waals surface area contributed by atoms with E-state index in [4.69, 9.17) is 56.9 Å². The van der Waals surface area contributed by atoms with Crippen molar-refractivity contribution >= 4 is 45.0 Å². The fourth-order valence-corrected chi connectivity index (χ4v) is 10.1. The molecular weight excluding hydrogens is 936 g/mol. The molecule has 6 aromatic heterocycles. The molecule has 10 rings (SSSR count). The molecular formula is C51H54Cl2N10O7. The van der Waals surface area contributed by atoms with Crippen LogP contribution >= 0.6 is 23.2 Å². The molecule has 0 amide bonds. The smallest absolute Gasteiger partial charge is 0.259 e. The molecule has 1 aliphatic carbocycles. The Labute approximate surface area is 414 Å². The Hall–Kier alpha value is -6.37. The first-order valence-electron chi connectivity index (χ1n) is 23.1. The van der Waals surface area contributed by atoms with E-state index < -0.39 is 11.2 Å². The van der Waals surface area contributed by atoms with Crippen LogP contribution in [0.4, 0.5) is 0 Å². The maximum Gasteiger partial charge on any atom is 0.259 e. The van der Waals surface area contributed by atoms with Crippen molar-refractivity contribution in [3.8, 4) is 23.3 Å². The molecule has 3 atom stereocenters. The molecule has 1 aliphatic heterocycles. The van der Waals surface area contributed by atoms with E-state index >= 15 is 0 Å². The van der Waals surface area contributed by atoms with E-state index in [0.29, 0.717) is 122 Å². The summed E-state index contributed by atoms with van der Waals surface area (Å²) < 4.78 is 36.2. The predicted molar refractivity (Wildman–Crippen MR) is 262 cm³/mol. The van der Waals surface area contributed by atoms with Gasteiger partial charge in [-0.2, -0.15) is 0 Å². The molecule has 0 radical (unpaired) electrons. The molecule has 70 heavy (non-hydrogen) atoms. The number of pyridine rings is 3. The zero-order chi connectivity index (χ0) is 49.2. The van der Waals surface area contributed by atoms with Gasteiger partial charge < -0.3 is 43.0 Å². The van der Waals surface area contributed by atoms with Crippen molar-refractivity contribution in [2.75, 3.05) is 33.5 Å². The van der Waals surface area contributed by atoms with Crippen molar-refractivity contribution in [2.45, 2.75) is 64.3 Å². The largest absolute Gasteiger partial charge is 0.486 e. The van der Waals surface area contributed by atoms with Gasteiger partial charge in [-0.05, 0) is 87.4 Å². The summed E-state index contributed by atoms with van der Waals surface area (Å²) in [6.07, 6.45) is 6.90. The summed E-state index contributed by atoms with van der Waals surface area (Å²) in [5, 5.41) is 35.6. The zero-order valence-electron chi connectivity index (χ0n) is 40.2. The molecule has 1 saturated heterocycles. The van der Waals surface area contributed by atoms with Crippen LogP contribution in [-0.4, -0.2) is 98.9 Å². The first-order chi connectivity index (χ1) is 33.6. The van der Waals surface area contributed by atoms with E-state index in [1.54, 1.807) is 30.3 Å². The quantitative estimate of drug-likeness (QED) is 0.102. The molecule has 2 fully saturated rings. The number of hydrogen-bond donors (Lipinski definition) is 2. The van der Waals surface area contributed by atoms with Gasteiger partial charge in [0.15, 0.2) is 11.2 Å². The highest BCUT2D eigenvalue weighted by atomic mass is 35.5. The third-order valence-corrected chi connectivity index (χ3v) is 14.8. The SMILES string of the molecule is COc1nc2ccc(C(O)(c3cnc(C)n3C)c3cnc(C)n3C)cc2c(Cl)c1OCC1CC1COc1nc2ccc(C(O)(c3ccc(C)nc3C)c3cnnn3C)cc2c(Cl)c1OC1CCOCC1. The van der Waals surface area contributed by atoms with E-state index in [1.807, 2.05) is 99.5 Å². The second-order valence-corrected chi connectivity index (χ2v) is 19.1. The third kappa shape index (κ3) is 8.16. The third-order valence-electron chi connectivity index (χ3n) is 14.0. The van der Waals surface area contributed by atoms with Crippen LogP contribution in [0, 0.1) is 39.5 Å². The van der Waals surface area contributed by atoms with Gasteiger partial charge in [0.1, 0.15) is 17.8 Å². The molecule has 0 bridgehead atoms. The Kier molecular flexibility index (Phi) is 12.5. The van der Waals surface area contributed by atoms with Gasteiger partial charge >= 0.3 is 0 Å². The first kappa shape index (κ1) is 47.3. The number of rotatable bonds is 15. The minimum absolute atomic E-state index is 0.117. The van der Waals surface area contributed by atoms with Crippen LogP contribution in [0.15, 0.2) is 67.1 Å². The Morgan fingerprint density at radius 1 is 0.700 bits per heavy atom. The fourth-order valence-electron chi connectivity index (χ4n) is 9.57. The van der Waals surface area contributed by atoms with Crippen molar-refractivity contribution in [1.82, 2.24) is 49.0 Å². The van der Waals surface area contributed by atoms with E-state index in [1.165, 1.54) is 7.11 Å². The van der Waals surface area contributed by atoms with Gasteiger partial charge in [-0.1, -0.05) is 46.6 Å². The van der Waals surface area contributed by atoms with Crippen molar-refractivity contribution < 1.29 is 33.9 Å². The van der Waals surface area contributed by atoms with E-state index in [2.05, 4.69) is 25.3 Å². The maximum atomic E-state index is 12.8. The molecule has 1 saturated carbocycles. The van der Waals surface area contributed by atoms with Gasteiger partial charge in [-0.3, -0.25) is 4.98 Å². The minimum Gasteiger partial charge on any atom is -0.486 e. The van der Waals surface area contributed by atoms with Crippen LogP contribution in [0.3, 0.4) is 0 Å². The monoisotopic (exact) mass is 988 g/mol. The molecule has 19 heteroatoms. The molecule has 2 aliphatic rings. The van der Waals surface area contributed by atoms with E-state index in [9.17, 15) is 10.2 Å². The fraction of sp³-hybridized carbons (Fsp3) is 0.392. The summed E-state index contributed by atoms with van der Waals surface area (Å²) in [4.78, 5) is 23.4. The van der Waals surface area contributed by atoms with Crippen molar-refractivity contribution in [3.05, 3.63) is 134 Å². The van der Waals surface area contributed by atoms with Gasteiger partial charge in [0.25, 0.3) is 11.8 Å². The number of ether oxygens (including phenoxy) is 5. The second kappa shape index (κ2) is 18.4. The lowest BCUT2D eigenvalue weighted by molar-refractivity contribution is 0.0240. The lowest BCUT2D eigenvalue weighted by atomic mass is 9.82. The zero-order valence-corrected chi connectivity index (χ0v) is 41.7. The standard InChI is InChI=1S/C51H54Cl2N10O7/c1-27-9-12-38(28(2)57-27)50(64,43-24-56-60-63(43)7)33-10-13-40-37(20-33)45(53)47(70-35-15-17-67-18-16-35)49(59-40)69-26-32-19-31(32)25-68-46-44(52)36-21-34(11-14-39(36)58-48(46)66-8)51(65,41-22-54-29(3)61(41)5)42-23-55-30(4)62(42)6/h9-14,20-24,31-32,35,64-65H,15-19,25-26H2,1-8H3. The molecule has 3 unspecified atom stereocenters. The predicted octanol–water partition coefficient (Wildman–Crippen LogP) is 7.54. The average molecular weight is 990 g/mol. The van der Waals surface area contributed by atoms with Crippen LogP contribution in [0.5, 0.6) is 23.3 Å². The van der Waals surface area contributed by atoms with Crippen LogP contribution in [0.1, 0.15) is 76.1 Å². The molecule has 2 N–H and O–H groups in total. The summed E-state index contributed by atoms with van der Waals surface area (Å²) >= 11 is 14.6. The number of aromatic nitrogens is 10. The number of methoxy groups -OCH3 is 1. The Morgan fingerprint density at radius 2 is 1.29 bits per heavy atom. The summed E-state index contributed by atoms with van der Waals surface area (Å²) in [6, 6.07) is 14.7. The highest BCUT2D eigenvalue weighted by molar-refractivity contribution is 6.37. The topological polar surface area (TPSA) is 192 Å². The number of halogens is 2. The van der Waals surface area contributed by atoms with Gasteiger partial charge in [-0.25, -0.2) is 24.6 Å². The number of hydrogen-bond acceptors (Lipinski definition) is 14. The highest BCUT2D eigenvalue weighted by Gasteiger charge is 2.43. The molecule has 8 aromatic rings. The average Bonchev–Trinajstić information content (AvgIpc) is 3.58. The lowest BCUT2D eigenvalue weighted by Gasteiger charge is -2.30. The summed E-state index contributed by atoms with van der Waals surface area (Å²) in [5.74, 6) is 2.86. The number of aliphatic hydroxyl groups is 2. The molecule has 0 spiro atoms. The lowest BCUT2D eigenvalue weighted by Crippen LogP contribution is -2.33. The molecule has 2 aromatic carbocycles.